The van der Waals surface area contributed by atoms with Crippen molar-refractivity contribution in [2.45, 2.75) is 13.3 Å². The Morgan fingerprint density at radius 1 is 1.28 bits per heavy atom. The van der Waals surface area contributed by atoms with Crippen LogP contribution in [0.4, 0.5) is 0 Å². The highest BCUT2D eigenvalue weighted by atomic mass is 79.9. The van der Waals surface area contributed by atoms with E-state index >= 15 is 0 Å². The van der Waals surface area contributed by atoms with Gasteiger partial charge >= 0.3 is 0 Å². The Morgan fingerprint density at radius 3 is 2.56 bits per heavy atom. The molecule has 0 saturated heterocycles. The molecule has 2 rings (SSSR count). The van der Waals surface area contributed by atoms with Crippen molar-refractivity contribution < 1.29 is 0 Å². The number of imidazole rings is 1. The van der Waals surface area contributed by atoms with Gasteiger partial charge in [-0.1, -0.05) is 28.1 Å². The van der Waals surface area contributed by atoms with E-state index in [1.807, 2.05) is 19.2 Å². The summed E-state index contributed by atoms with van der Waals surface area (Å²) in [5.74, 6) is 1.03. The molecule has 0 spiro atoms. The average Bonchev–Trinajstić information content (AvgIpc) is 2.64. The van der Waals surface area contributed by atoms with Gasteiger partial charge in [0.15, 0.2) is 0 Å². The second-order valence-electron chi connectivity index (χ2n) is 4.39. The van der Waals surface area contributed by atoms with Gasteiger partial charge in [0.05, 0.1) is 5.69 Å². The summed E-state index contributed by atoms with van der Waals surface area (Å²) >= 11 is 3.45. The normalized spacial score (nSPS) is 10.9. The van der Waals surface area contributed by atoms with Gasteiger partial charge in [-0.15, -0.1) is 0 Å². The van der Waals surface area contributed by atoms with E-state index in [1.54, 1.807) is 0 Å². The van der Waals surface area contributed by atoms with Crippen LogP contribution in [0.5, 0.6) is 0 Å². The maximum absolute atomic E-state index is 4.68. The largest absolute Gasteiger partial charge is 0.331 e. The van der Waals surface area contributed by atoms with Crippen LogP contribution in [0, 0.1) is 6.92 Å². The number of aromatic nitrogens is 2. The fourth-order valence-electron chi connectivity index (χ4n) is 2.12. The van der Waals surface area contributed by atoms with E-state index in [2.05, 4.69) is 56.9 Å². The quantitative estimate of drug-likeness (QED) is 0.941. The first kappa shape index (κ1) is 13.3. The predicted molar refractivity (Wildman–Crippen MR) is 78.7 cm³/mol. The van der Waals surface area contributed by atoms with Crippen molar-refractivity contribution in [3.05, 3.63) is 40.1 Å². The van der Waals surface area contributed by atoms with Crippen LogP contribution in [-0.2, 0) is 13.5 Å². The molecule has 0 saturated carbocycles. The molecule has 0 amide bonds. The molecule has 4 heteroatoms. The number of hydrogen-bond acceptors (Lipinski definition) is 2. The summed E-state index contributed by atoms with van der Waals surface area (Å²) in [6.45, 7) is 3.05. The Morgan fingerprint density at radius 2 is 1.94 bits per heavy atom. The molecule has 1 N–H and O–H groups in total. The molecule has 18 heavy (non-hydrogen) atoms. The number of benzene rings is 1. The van der Waals surface area contributed by atoms with Gasteiger partial charge < -0.3 is 9.88 Å². The Balaban J connectivity index is 2.37. The fraction of sp³-hybridized carbons (Fsp3) is 0.357. The number of likely N-dealkylation sites (N-methyl/N-ethyl adjacent to an activating group) is 1. The van der Waals surface area contributed by atoms with Crippen molar-refractivity contribution in [2.24, 2.45) is 7.05 Å². The molecule has 0 fully saturated rings. The Bertz CT molecular complexity index is 529. The molecular formula is C14H18BrN3. The van der Waals surface area contributed by atoms with Gasteiger partial charge in [-0.05, 0) is 26.1 Å². The lowest BCUT2D eigenvalue weighted by molar-refractivity contribution is 0.736. The van der Waals surface area contributed by atoms with Crippen molar-refractivity contribution in [3.8, 4) is 11.4 Å². The molecule has 0 radical (unpaired) electrons. The van der Waals surface area contributed by atoms with E-state index < -0.39 is 0 Å². The Kier molecular flexibility index (Phi) is 4.19. The van der Waals surface area contributed by atoms with Gasteiger partial charge in [0.1, 0.15) is 5.82 Å². The van der Waals surface area contributed by atoms with Gasteiger partial charge in [-0.3, -0.25) is 0 Å². The minimum Gasteiger partial charge on any atom is -0.331 e. The monoisotopic (exact) mass is 307 g/mol. The maximum atomic E-state index is 4.68. The maximum Gasteiger partial charge on any atom is 0.140 e. The molecule has 1 heterocycles. The van der Waals surface area contributed by atoms with E-state index in [0.717, 1.165) is 34.5 Å². The Labute approximate surface area is 116 Å². The van der Waals surface area contributed by atoms with Crippen LogP contribution in [0.2, 0.25) is 0 Å². The number of nitrogens with one attached hydrogen (secondary N) is 1. The van der Waals surface area contributed by atoms with Crippen LogP contribution in [-0.4, -0.2) is 23.1 Å². The molecule has 0 unspecified atom stereocenters. The van der Waals surface area contributed by atoms with Crippen LogP contribution in [0.15, 0.2) is 28.7 Å². The number of halogens is 1. The summed E-state index contributed by atoms with van der Waals surface area (Å²) in [6.07, 6.45) is 1.00. The number of nitrogens with zero attached hydrogens (tertiary/aromatic N) is 2. The third-order valence-corrected chi connectivity index (χ3v) is 3.66. The molecule has 0 aliphatic heterocycles. The lowest BCUT2D eigenvalue weighted by atomic mass is 10.2. The van der Waals surface area contributed by atoms with Crippen molar-refractivity contribution >= 4 is 15.9 Å². The van der Waals surface area contributed by atoms with Crippen LogP contribution >= 0.6 is 15.9 Å². The number of rotatable bonds is 4. The van der Waals surface area contributed by atoms with Gasteiger partial charge in [0, 0.05) is 35.7 Å². The van der Waals surface area contributed by atoms with Crippen LogP contribution in [0.25, 0.3) is 11.4 Å². The highest BCUT2D eigenvalue weighted by Crippen LogP contribution is 2.23. The lowest BCUT2D eigenvalue weighted by Crippen LogP contribution is -2.13. The van der Waals surface area contributed by atoms with E-state index in [1.165, 1.54) is 5.69 Å². The summed E-state index contributed by atoms with van der Waals surface area (Å²) < 4.78 is 3.28. The van der Waals surface area contributed by atoms with Gasteiger partial charge in [-0.25, -0.2) is 4.98 Å². The summed E-state index contributed by atoms with van der Waals surface area (Å²) in [6, 6.07) is 8.28. The molecule has 0 atom stereocenters. The fourth-order valence-corrected chi connectivity index (χ4v) is 2.38. The summed E-state index contributed by atoms with van der Waals surface area (Å²) in [7, 11) is 4.06. The molecule has 0 aliphatic carbocycles. The molecule has 0 bridgehead atoms. The van der Waals surface area contributed by atoms with E-state index in [0.29, 0.717) is 0 Å². The molecule has 1 aromatic carbocycles. The minimum atomic E-state index is 0.972. The zero-order valence-electron chi connectivity index (χ0n) is 11.0. The second kappa shape index (κ2) is 5.67. The van der Waals surface area contributed by atoms with Crippen molar-refractivity contribution in [2.75, 3.05) is 13.6 Å². The van der Waals surface area contributed by atoms with Gasteiger partial charge in [0.2, 0.25) is 0 Å². The predicted octanol–water partition coefficient (Wildman–Crippen LogP) is 2.92. The number of hydrogen-bond donors (Lipinski definition) is 1. The third kappa shape index (κ3) is 2.65. The average molecular weight is 308 g/mol. The van der Waals surface area contributed by atoms with E-state index in [-0.39, 0.29) is 0 Å². The standard InChI is InChI=1S/C14H18BrN3/c1-10-13(8-9-16-2)18(3)14(17-10)11-4-6-12(15)7-5-11/h4-7,16H,8-9H2,1-3H3. The van der Waals surface area contributed by atoms with Crippen molar-refractivity contribution in [1.29, 1.82) is 0 Å². The molecule has 3 nitrogen and oxygen atoms in total. The summed E-state index contributed by atoms with van der Waals surface area (Å²) in [5.41, 5.74) is 3.56. The van der Waals surface area contributed by atoms with Crippen LogP contribution < -0.4 is 5.32 Å². The first-order valence-corrected chi connectivity index (χ1v) is 6.85. The SMILES string of the molecule is CNCCc1c(C)nc(-c2ccc(Br)cc2)n1C. The summed E-state index contributed by atoms with van der Waals surface area (Å²) in [5, 5.41) is 3.18. The van der Waals surface area contributed by atoms with Gasteiger partial charge in [-0.2, -0.15) is 0 Å². The number of aryl methyl sites for hydroxylation is 1. The van der Waals surface area contributed by atoms with E-state index in [9.17, 15) is 0 Å². The first-order valence-electron chi connectivity index (χ1n) is 6.06. The molecule has 2 aromatic rings. The Hall–Kier alpha value is -1.13. The molecule has 1 aromatic heterocycles. The summed E-state index contributed by atoms with van der Waals surface area (Å²) in [4.78, 5) is 4.68. The highest BCUT2D eigenvalue weighted by molar-refractivity contribution is 9.10. The molecular weight excluding hydrogens is 290 g/mol. The smallest absolute Gasteiger partial charge is 0.140 e. The van der Waals surface area contributed by atoms with E-state index in [4.69, 9.17) is 0 Å². The zero-order valence-corrected chi connectivity index (χ0v) is 12.6. The van der Waals surface area contributed by atoms with Gasteiger partial charge in [0.25, 0.3) is 0 Å². The minimum absolute atomic E-state index is 0.972. The van der Waals surface area contributed by atoms with Crippen molar-refractivity contribution in [3.63, 3.8) is 0 Å². The first-order chi connectivity index (χ1) is 8.63. The van der Waals surface area contributed by atoms with Crippen molar-refractivity contribution in [1.82, 2.24) is 14.9 Å². The molecule has 96 valence electrons. The highest BCUT2D eigenvalue weighted by Gasteiger charge is 2.12. The topological polar surface area (TPSA) is 29.9 Å². The van der Waals surface area contributed by atoms with Crippen LogP contribution in [0.3, 0.4) is 0 Å². The van der Waals surface area contributed by atoms with Crippen LogP contribution in [0.1, 0.15) is 11.4 Å². The second-order valence-corrected chi connectivity index (χ2v) is 5.30. The third-order valence-electron chi connectivity index (χ3n) is 3.13. The lowest BCUT2D eigenvalue weighted by Gasteiger charge is -2.06. The molecule has 0 aliphatic rings. The zero-order chi connectivity index (χ0) is 13.1.